The highest BCUT2D eigenvalue weighted by atomic mass is 19.4. The second-order valence-electron chi connectivity index (χ2n) is 14.9. The number of aliphatic hydroxyl groups excluding tert-OH is 2. The third kappa shape index (κ3) is 3.03. The van der Waals surface area contributed by atoms with Gasteiger partial charge in [-0.2, -0.15) is 13.2 Å². The number of hydrogen-bond acceptors (Lipinski definition) is 4. The van der Waals surface area contributed by atoms with Crippen LogP contribution in [0.2, 0.25) is 0 Å². The molecule has 7 heteroatoms. The topological polar surface area (TPSA) is 61.7 Å². The summed E-state index contributed by atoms with van der Waals surface area (Å²) in [4.78, 5) is 0. The van der Waals surface area contributed by atoms with Gasteiger partial charge in [-0.15, -0.1) is 0 Å². The molecule has 0 amide bonds. The number of alkyl halides is 3. The molecule has 0 radical (unpaired) electrons. The fourth-order valence-electron chi connectivity index (χ4n) is 11.9. The van der Waals surface area contributed by atoms with Crippen LogP contribution in [0.5, 0.6) is 0 Å². The fourth-order valence-corrected chi connectivity index (χ4v) is 11.9. The summed E-state index contributed by atoms with van der Waals surface area (Å²) < 4.78 is 44.6. The number of hydrogen-bond donors (Lipinski definition) is 3. The number of rotatable bonds is 3. The van der Waals surface area contributed by atoms with Crippen molar-refractivity contribution in [3.63, 3.8) is 0 Å². The van der Waals surface area contributed by atoms with Gasteiger partial charge in [0.25, 0.3) is 0 Å². The van der Waals surface area contributed by atoms with E-state index in [2.05, 4.69) is 39.9 Å². The minimum atomic E-state index is -4.23. The van der Waals surface area contributed by atoms with E-state index in [0.29, 0.717) is 23.2 Å². The molecule has 12 atom stereocenters. The normalized spacial score (nSPS) is 57.2. The van der Waals surface area contributed by atoms with Crippen LogP contribution in [0, 0.1) is 50.7 Å². The van der Waals surface area contributed by atoms with Gasteiger partial charge in [0.1, 0.15) is 0 Å². The zero-order valence-corrected chi connectivity index (χ0v) is 22.6. The summed E-state index contributed by atoms with van der Waals surface area (Å²) >= 11 is 0. The Hall–Kier alpha value is -0.370. The van der Waals surface area contributed by atoms with Crippen LogP contribution in [0.4, 0.5) is 13.2 Å². The van der Waals surface area contributed by atoms with Gasteiger partial charge in [0.05, 0.1) is 31.0 Å². The van der Waals surface area contributed by atoms with Crippen molar-refractivity contribution in [1.29, 1.82) is 0 Å². The Balaban J connectivity index is 1.28. The third-order valence-corrected chi connectivity index (χ3v) is 13.6. The second-order valence-corrected chi connectivity index (χ2v) is 14.9. The maximum absolute atomic E-state index is 12.7. The van der Waals surface area contributed by atoms with E-state index in [1.54, 1.807) is 0 Å². The van der Waals surface area contributed by atoms with Crippen LogP contribution in [0.25, 0.3) is 0 Å². The Kier molecular flexibility index (Phi) is 5.49. The van der Waals surface area contributed by atoms with Crippen LogP contribution in [-0.4, -0.2) is 53.9 Å². The van der Waals surface area contributed by atoms with E-state index in [9.17, 15) is 23.4 Å². The average molecular weight is 514 g/mol. The molecule has 1 saturated heterocycles. The van der Waals surface area contributed by atoms with Crippen LogP contribution >= 0.6 is 0 Å². The molecule has 5 saturated carbocycles. The van der Waals surface area contributed by atoms with Crippen molar-refractivity contribution in [3.05, 3.63) is 0 Å². The molecule has 6 rings (SSSR count). The smallest absolute Gasteiger partial charge is 0.393 e. The summed E-state index contributed by atoms with van der Waals surface area (Å²) in [6.45, 7) is 10.7. The average Bonchev–Trinajstić information content (AvgIpc) is 3.41. The first-order valence-corrected chi connectivity index (χ1v) is 14.4. The van der Waals surface area contributed by atoms with Crippen LogP contribution in [0.1, 0.15) is 86.0 Å². The first kappa shape index (κ1) is 25.9. The lowest BCUT2D eigenvalue weighted by atomic mass is 9.41. The lowest BCUT2D eigenvalue weighted by Gasteiger charge is -2.63. The molecule has 1 heterocycles. The van der Waals surface area contributed by atoms with E-state index in [4.69, 9.17) is 4.74 Å². The SMILES string of the molecule is C[C@@H]1CC(CNCC(F)(F)F)OC2[C@H]1[C@@]1(C)CC[C@@]34C[C@@]35CCC(O)C(C)(C)[C@@H]5CCC4[C@]1(C)[C@H]2O. The van der Waals surface area contributed by atoms with Gasteiger partial charge in [-0.25, -0.2) is 0 Å². The largest absolute Gasteiger partial charge is 0.401 e. The molecule has 4 nitrogen and oxygen atoms in total. The molecule has 2 spiro atoms. The molecule has 0 aromatic carbocycles. The van der Waals surface area contributed by atoms with Crippen molar-refractivity contribution in [2.75, 3.05) is 13.1 Å². The van der Waals surface area contributed by atoms with Crippen molar-refractivity contribution in [1.82, 2.24) is 5.32 Å². The molecule has 36 heavy (non-hydrogen) atoms. The maximum Gasteiger partial charge on any atom is 0.401 e. The van der Waals surface area contributed by atoms with E-state index in [-0.39, 0.29) is 52.4 Å². The van der Waals surface area contributed by atoms with Gasteiger partial charge >= 0.3 is 6.18 Å². The first-order chi connectivity index (χ1) is 16.6. The summed E-state index contributed by atoms with van der Waals surface area (Å²) in [6.07, 6.45) is 2.77. The quantitative estimate of drug-likeness (QED) is 0.479. The predicted molar refractivity (Wildman–Crippen MR) is 131 cm³/mol. The van der Waals surface area contributed by atoms with Crippen LogP contribution in [0.15, 0.2) is 0 Å². The van der Waals surface area contributed by atoms with Gasteiger partial charge in [-0.05, 0) is 96.7 Å². The Morgan fingerprint density at radius 2 is 1.61 bits per heavy atom. The van der Waals surface area contributed by atoms with E-state index in [0.717, 1.165) is 38.5 Å². The Morgan fingerprint density at radius 1 is 0.944 bits per heavy atom. The summed E-state index contributed by atoms with van der Waals surface area (Å²) in [7, 11) is 0. The Bertz CT molecular complexity index is 911. The summed E-state index contributed by atoms with van der Waals surface area (Å²) in [5.41, 5.74) is 0.180. The van der Waals surface area contributed by atoms with Crippen molar-refractivity contribution >= 4 is 0 Å². The molecule has 0 aromatic rings. The number of fused-ring (bicyclic) bond motifs is 4. The molecule has 3 N–H and O–H groups in total. The van der Waals surface area contributed by atoms with Gasteiger partial charge in [0, 0.05) is 12.0 Å². The van der Waals surface area contributed by atoms with E-state index in [1.165, 1.54) is 12.8 Å². The molecule has 206 valence electrons. The van der Waals surface area contributed by atoms with Gasteiger partial charge in [-0.1, -0.05) is 34.6 Å². The molecular weight excluding hydrogens is 467 g/mol. The minimum Gasteiger partial charge on any atom is -0.393 e. The van der Waals surface area contributed by atoms with Crippen LogP contribution in [0.3, 0.4) is 0 Å². The predicted octanol–water partition coefficient (Wildman–Crippen LogP) is 5.31. The lowest BCUT2D eigenvalue weighted by Crippen LogP contribution is -2.59. The molecule has 1 aliphatic heterocycles. The molecule has 0 bridgehead atoms. The molecule has 5 aliphatic carbocycles. The van der Waals surface area contributed by atoms with Crippen molar-refractivity contribution in [2.45, 2.75) is 117 Å². The number of aliphatic hydroxyl groups is 2. The molecular formula is C29H46F3NO3. The highest BCUT2D eigenvalue weighted by Gasteiger charge is 2.84. The van der Waals surface area contributed by atoms with Crippen molar-refractivity contribution in [2.24, 2.45) is 50.7 Å². The summed E-state index contributed by atoms with van der Waals surface area (Å²) in [6, 6.07) is 0. The van der Waals surface area contributed by atoms with Crippen LogP contribution in [-0.2, 0) is 4.74 Å². The van der Waals surface area contributed by atoms with Crippen molar-refractivity contribution in [3.8, 4) is 0 Å². The highest BCUT2D eigenvalue weighted by Crippen LogP contribution is 2.89. The lowest BCUT2D eigenvalue weighted by molar-refractivity contribution is -0.182. The maximum atomic E-state index is 12.7. The van der Waals surface area contributed by atoms with Gasteiger partial charge in [-0.3, -0.25) is 0 Å². The highest BCUT2D eigenvalue weighted by molar-refractivity contribution is 5.32. The number of halogens is 3. The Morgan fingerprint density at radius 3 is 2.31 bits per heavy atom. The molecule has 0 aromatic heterocycles. The zero-order chi connectivity index (χ0) is 26.1. The number of nitrogens with one attached hydrogen (secondary N) is 1. The van der Waals surface area contributed by atoms with Gasteiger partial charge < -0.3 is 20.3 Å². The third-order valence-electron chi connectivity index (χ3n) is 13.6. The summed E-state index contributed by atoms with van der Waals surface area (Å²) in [5, 5.41) is 25.5. The van der Waals surface area contributed by atoms with E-state index < -0.39 is 18.8 Å². The number of ether oxygens (including phenoxy) is 1. The fraction of sp³-hybridized carbons (Fsp3) is 1.00. The molecule has 6 fully saturated rings. The monoisotopic (exact) mass is 513 g/mol. The van der Waals surface area contributed by atoms with Gasteiger partial charge in [0.2, 0.25) is 0 Å². The Labute approximate surface area is 214 Å². The molecule has 6 aliphatic rings. The summed E-state index contributed by atoms with van der Waals surface area (Å²) in [5.74, 6) is 1.50. The van der Waals surface area contributed by atoms with Crippen LogP contribution < -0.4 is 5.32 Å². The van der Waals surface area contributed by atoms with E-state index >= 15 is 0 Å². The van der Waals surface area contributed by atoms with Gasteiger partial charge in [0.15, 0.2) is 0 Å². The standard InChI is InChI=1S/C29H46F3NO3/c1-16-12-17(13-33-15-29(30,31)32)36-22-21(16)25(4)10-11-28-14-27(28)9-8-20(34)24(2,3)18(27)6-7-19(28)26(25,5)23(22)35/h16-23,33-35H,6-15H2,1-5H3/t16-,17?,18+,19?,20?,21+,22?,23+,25-,26-,27-,28+/m1/s1. The second kappa shape index (κ2) is 7.63. The van der Waals surface area contributed by atoms with E-state index in [1.807, 2.05) is 0 Å². The minimum absolute atomic E-state index is 0.0445. The molecule has 4 unspecified atom stereocenters. The van der Waals surface area contributed by atoms with Crippen molar-refractivity contribution < 1.29 is 28.1 Å². The first-order valence-electron chi connectivity index (χ1n) is 14.4. The zero-order valence-electron chi connectivity index (χ0n) is 22.6.